The third kappa shape index (κ3) is 3.05. The van der Waals surface area contributed by atoms with Crippen LogP contribution in [-0.2, 0) is 5.54 Å². The summed E-state index contributed by atoms with van der Waals surface area (Å²) in [6.07, 6.45) is 3.91. The molecular weight excluding hydrogens is 414 g/mol. The van der Waals surface area contributed by atoms with Gasteiger partial charge in [-0.25, -0.2) is 9.97 Å². The standard InChI is InChI=1S/C26H25N5S/c1-16-11-22-28-13-18-12-20(21-5-4-10-32-21)23(29-24(18)31(22)30-16)17-6-8-19(9-7-17)26(27)14-25(2,3)15-26/h4-13H,14-15,27H2,1-3H3. The maximum Gasteiger partial charge on any atom is 0.165 e. The summed E-state index contributed by atoms with van der Waals surface area (Å²) < 4.78 is 1.84. The van der Waals surface area contributed by atoms with Gasteiger partial charge in [0.25, 0.3) is 0 Å². The predicted molar refractivity (Wildman–Crippen MR) is 131 cm³/mol. The molecule has 4 aromatic heterocycles. The maximum atomic E-state index is 6.70. The second-order valence-corrected chi connectivity index (χ2v) is 10.8. The average molecular weight is 440 g/mol. The highest BCUT2D eigenvalue weighted by molar-refractivity contribution is 7.13. The van der Waals surface area contributed by atoms with E-state index in [4.69, 9.17) is 10.7 Å². The van der Waals surface area contributed by atoms with E-state index >= 15 is 0 Å². The van der Waals surface area contributed by atoms with Crippen molar-refractivity contribution >= 4 is 28.0 Å². The van der Waals surface area contributed by atoms with Gasteiger partial charge in [0.05, 0.1) is 11.4 Å². The molecule has 2 N–H and O–H groups in total. The SMILES string of the molecule is Cc1cc2ncc3cc(-c4cccs4)c(-c4ccc(C5(N)CC(C)(C)C5)cc4)nc3n2n1. The number of pyridine rings is 1. The fourth-order valence-electron chi connectivity index (χ4n) is 5.31. The molecule has 1 aromatic carbocycles. The smallest absolute Gasteiger partial charge is 0.165 e. The zero-order chi connectivity index (χ0) is 22.1. The van der Waals surface area contributed by atoms with Crippen LogP contribution >= 0.6 is 11.3 Å². The first-order valence-corrected chi connectivity index (χ1v) is 11.8. The highest BCUT2D eigenvalue weighted by Gasteiger charge is 2.47. The summed E-state index contributed by atoms with van der Waals surface area (Å²) in [6.45, 7) is 6.54. The van der Waals surface area contributed by atoms with Gasteiger partial charge >= 0.3 is 0 Å². The molecule has 4 heterocycles. The molecule has 0 unspecified atom stereocenters. The van der Waals surface area contributed by atoms with Gasteiger partial charge < -0.3 is 5.73 Å². The molecule has 0 bridgehead atoms. The summed E-state index contributed by atoms with van der Waals surface area (Å²) in [4.78, 5) is 10.9. The number of aryl methyl sites for hydroxylation is 1. The molecule has 1 saturated carbocycles. The van der Waals surface area contributed by atoms with Gasteiger partial charge in [0.1, 0.15) is 0 Å². The van der Waals surface area contributed by atoms with Crippen LogP contribution in [0.15, 0.2) is 60.1 Å². The second kappa shape index (κ2) is 6.70. The van der Waals surface area contributed by atoms with Gasteiger partial charge in [0.15, 0.2) is 11.3 Å². The van der Waals surface area contributed by atoms with Gasteiger partial charge in [-0.1, -0.05) is 44.2 Å². The van der Waals surface area contributed by atoms with Crippen molar-refractivity contribution in [1.29, 1.82) is 0 Å². The lowest BCUT2D eigenvalue weighted by atomic mass is 9.57. The molecule has 0 saturated heterocycles. The Morgan fingerprint density at radius 2 is 1.84 bits per heavy atom. The van der Waals surface area contributed by atoms with E-state index in [1.807, 2.05) is 23.7 Å². The zero-order valence-electron chi connectivity index (χ0n) is 18.5. The molecule has 0 spiro atoms. The van der Waals surface area contributed by atoms with E-state index in [1.54, 1.807) is 11.3 Å². The van der Waals surface area contributed by atoms with Crippen LogP contribution in [0.5, 0.6) is 0 Å². The number of thiophene rings is 1. The summed E-state index contributed by atoms with van der Waals surface area (Å²) in [5, 5.41) is 7.70. The molecule has 0 aliphatic heterocycles. The van der Waals surface area contributed by atoms with E-state index in [0.29, 0.717) is 5.41 Å². The third-order valence-corrected chi connectivity index (χ3v) is 7.39. The normalized spacial score (nSPS) is 17.0. The van der Waals surface area contributed by atoms with E-state index in [-0.39, 0.29) is 5.54 Å². The maximum absolute atomic E-state index is 6.70. The Kier molecular flexibility index (Phi) is 4.10. The lowest BCUT2D eigenvalue weighted by molar-refractivity contribution is 0.0618. The Balaban J connectivity index is 1.52. The minimum absolute atomic E-state index is 0.222. The predicted octanol–water partition coefficient (Wildman–Crippen LogP) is 5.96. The molecule has 5 aromatic rings. The molecule has 160 valence electrons. The minimum atomic E-state index is -0.222. The van der Waals surface area contributed by atoms with Gasteiger partial charge in [-0.2, -0.15) is 9.61 Å². The van der Waals surface area contributed by atoms with Crippen molar-refractivity contribution in [3.63, 3.8) is 0 Å². The number of fused-ring (bicyclic) bond motifs is 3. The topological polar surface area (TPSA) is 69.1 Å². The highest BCUT2D eigenvalue weighted by Crippen LogP contribution is 2.52. The van der Waals surface area contributed by atoms with E-state index in [0.717, 1.165) is 52.0 Å². The molecule has 6 rings (SSSR count). The third-order valence-electron chi connectivity index (χ3n) is 6.49. The van der Waals surface area contributed by atoms with Crippen LogP contribution < -0.4 is 5.73 Å². The van der Waals surface area contributed by atoms with Crippen LogP contribution in [0.3, 0.4) is 0 Å². The number of nitrogens with two attached hydrogens (primary N) is 1. The van der Waals surface area contributed by atoms with E-state index < -0.39 is 0 Å². The molecule has 1 fully saturated rings. The van der Waals surface area contributed by atoms with E-state index in [1.165, 1.54) is 10.4 Å². The van der Waals surface area contributed by atoms with Crippen LogP contribution in [-0.4, -0.2) is 19.6 Å². The lowest BCUT2D eigenvalue weighted by Gasteiger charge is -2.51. The number of benzene rings is 1. The summed E-state index contributed by atoms with van der Waals surface area (Å²) >= 11 is 1.72. The van der Waals surface area contributed by atoms with E-state index in [9.17, 15) is 0 Å². The number of nitrogens with zero attached hydrogens (tertiary/aromatic N) is 4. The van der Waals surface area contributed by atoms with Gasteiger partial charge in [-0.15, -0.1) is 11.3 Å². The molecule has 32 heavy (non-hydrogen) atoms. The van der Waals surface area contributed by atoms with E-state index in [2.05, 4.69) is 71.8 Å². The lowest BCUT2D eigenvalue weighted by Crippen LogP contribution is -2.53. The van der Waals surface area contributed by atoms with Crippen molar-refractivity contribution < 1.29 is 0 Å². The second-order valence-electron chi connectivity index (χ2n) is 9.84. The molecule has 5 nitrogen and oxygen atoms in total. The first kappa shape index (κ1) is 19.6. The zero-order valence-corrected chi connectivity index (χ0v) is 19.3. The van der Waals surface area contributed by atoms with Crippen LogP contribution in [0.1, 0.15) is 37.9 Å². The summed E-state index contributed by atoms with van der Waals surface area (Å²) in [7, 11) is 0. The molecule has 1 aliphatic rings. The molecule has 1 aliphatic carbocycles. The largest absolute Gasteiger partial charge is 0.321 e. The summed E-state index contributed by atoms with van der Waals surface area (Å²) in [5.74, 6) is 0. The first-order chi connectivity index (χ1) is 15.3. The van der Waals surface area contributed by atoms with Crippen LogP contribution in [0, 0.1) is 12.3 Å². The fourth-order valence-corrected chi connectivity index (χ4v) is 6.06. The first-order valence-electron chi connectivity index (χ1n) is 10.9. The van der Waals surface area contributed by atoms with Gasteiger partial charge in [-0.05, 0) is 48.3 Å². The van der Waals surface area contributed by atoms with Gasteiger partial charge in [0, 0.05) is 39.2 Å². The van der Waals surface area contributed by atoms with Crippen molar-refractivity contribution in [3.8, 4) is 21.7 Å². The van der Waals surface area contributed by atoms with Gasteiger partial charge in [0.2, 0.25) is 0 Å². The Bertz CT molecular complexity index is 1450. The Hall–Kier alpha value is -3.09. The highest BCUT2D eigenvalue weighted by atomic mass is 32.1. The summed E-state index contributed by atoms with van der Waals surface area (Å²) in [6, 6.07) is 17.0. The molecule has 0 radical (unpaired) electrons. The number of hydrogen-bond acceptors (Lipinski definition) is 5. The van der Waals surface area contributed by atoms with Crippen molar-refractivity contribution in [3.05, 3.63) is 71.4 Å². The fraction of sp³-hybridized carbons (Fsp3) is 0.269. The Morgan fingerprint density at radius 1 is 1.06 bits per heavy atom. The number of rotatable bonds is 3. The molecular formula is C26H25N5S. The summed E-state index contributed by atoms with van der Waals surface area (Å²) in [5.41, 5.74) is 13.7. The Morgan fingerprint density at radius 3 is 2.53 bits per heavy atom. The Labute approximate surface area is 191 Å². The van der Waals surface area contributed by atoms with Crippen LogP contribution in [0.4, 0.5) is 0 Å². The molecule has 0 amide bonds. The van der Waals surface area contributed by atoms with Crippen LogP contribution in [0.2, 0.25) is 0 Å². The van der Waals surface area contributed by atoms with Crippen molar-refractivity contribution in [2.45, 2.75) is 39.2 Å². The average Bonchev–Trinajstić information content (AvgIpc) is 3.40. The van der Waals surface area contributed by atoms with Crippen molar-refractivity contribution in [2.24, 2.45) is 11.1 Å². The molecule has 0 atom stereocenters. The van der Waals surface area contributed by atoms with Crippen LogP contribution in [0.25, 0.3) is 38.4 Å². The van der Waals surface area contributed by atoms with Crippen molar-refractivity contribution in [1.82, 2.24) is 19.6 Å². The minimum Gasteiger partial charge on any atom is -0.321 e. The monoisotopic (exact) mass is 439 g/mol. The number of aromatic nitrogens is 4. The number of hydrogen-bond donors (Lipinski definition) is 1. The molecule has 6 heteroatoms. The van der Waals surface area contributed by atoms with Crippen molar-refractivity contribution in [2.75, 3.05) is 0 Å². The quantitative estimate of drug-likeness (QED) is 0.377. The van der Waals surface area contributed by atoms with Gasteiger partial charge in [-0.3, -0.25) is 0 Å².